The number of likely N-dealkylation sites (tertiary alicyclic amines) is 1. The van der Waals surface area contributed by atoms with Gasteiger partial charge in [0.1, 0.15) is 5.76 Å². The quantitative estimate of drug-likeness (QED) is 0.293. The molecule has 1 aliphatic heterocycles. The summed E-state index contributed by atoms with van der Waals surface area (Å²) in [5.41, 5.74) is 1.24. The molecule has 0 atom stereocenters. The molecule has 24 heavy (non-hydrogen) atoms. The van der Waals surface area contributed by atoms with Crippen molar-refractivity contribution in [3.63, 3.8) is 0 Å². The average molecular weight is 446 g/mol. The Morgan fingerprint density at radius 1 is 1.42 bits per heavy atom. The van der Waals surface area contributed by atoms with Crippen LogP contribution in [0.2, 0.25) is 0 Å². The fourth-order valence-electron chi connectivity index (χ4n) is 2.86. The van der Waals surface area contributed by atoms with Crippen LogP contribution in [0.1, 0.15) is 32.4 Å². The summed E-state index contributed by atoms with van der Waals surface area (Å²) in [6.45, 7) is 13.1. The van der Waals surface area contributed by atoms with Crippen LogP contribution in [-0.4, -0.2) is 49.6 Å². The predicted octanol–water partition coefficient (Wildman–Crippen LogP) is 3.04. The van der Waals surface area contributed by atoms with Crippen LogP contribution in [0.4, 0.5) is 0 Å². The van der Waals surface area contributed by atoms with E-state index < -0.39 is 0 Å². The zero-order chi connectivity index (χ0) is 16.5. The van der Waals surface area contributed by atoms with E-state index in [1.165, 1.54) is 5.57 Å². The second kappa shape index (κ2) is 11.5. The third-order valence-electron chi connectivity index (χ3n) is 3.97. The molecule has 1 aromatic heterocycles. The van der Waals surface area contributed by atoms with Crippen molar-refractivity contribution in [2.45, 2.75) is 39.2 Å². The molecule has 0 saturated carbocycles. The van der Waals surface area contributed by atoms with Crippen molar-refractivity contribution in [2.75, 3.05) is 32.7 Å². The van der Waals surface area contributed by atoms with E-state index in [4.69, 9.17) is 4.42 Å². The zero-order valence-corrected chi connectivity index (χ0v) is 17.2. The first-order valence-corrected chi connectivity index (χ1v) is 8.61. The van der Waals surface area contributed by atoms with Crippen molar-refractivity contribution in [3.8, 4) is 0 Å². The predicted molar refractivity (Wildman–Crippen MR) is 111 cm³/mol. The summed E-state index contributed by atoms with van der Waals surface area (Å²) in [6.07, 6.45) is 4.84. The Morgan fingerprint density at radius 2 is 2.17 bits per heavy atom. The molecule has 0 radical (unpaired) electrons. The molecule has 136 valence electrons. The molecule has 2 heterocycles. The van der Waals surface area contributed by atoms with E-state index in [1.807, 2.05) is 12.1 Å². The maximum Gasteiger partial charge on any atom is 0.191 e. The Kier molecular flexibility index (Phi) is 10.1. The highest BCUT2D eigenvalue weighted by Crippen LogP contribution is 2.11. The van der Waals surface area contributed by atoms with Gasteiger partial charge in [0.15, 0.2) is 5.96 Å². The molecule has 5 nitrogen and oxygen atoms in total. The topological polar surface area (TPSA) is 52.8 Å². The first-order valence-electron chi connectivity index (χ1n) is 8.61. The monoisotopic (exact) mass is 446 g/mol. The molecule has 0 spiro atoms. The molecule has 0 aliphatic carbocycles. The molecular formula is C18H31IN4O. The van der Waals surface area contributed by atoms with E-state index in [1.54, 1.807) is 6.26 Å². The molecule has 1 fully saturated rings. The summed E-state index contributed by atoms with van der Waals surface area (Å²) in [5.74, 6) is 1.90. The number of furan rings is 1. The summed E-state index contributed by atoms with van der Waals surface area (Å²) in [7, 11) is 0. The van der Waals surface area contributed by atoms with Gasteiger partial charge in [-0.25, -0.2) is 0 Å². The Hall–Kier alpha value is -1.02. The number of piperidine rings is 1. The summed E-state index contributed by atoms with van der Waals surface area (Å²) in [5, 5.41) is 6.90. The number of guanidine groups is 1. The second-order valence-electron chi connectivity index (χ2n) is 6.24. The van der Waals surface area contributed by atoms with E-state index >= 15 is 0 Å². The van der Waals surface area contributed by atoms with Gasteiger partial charge in [-0.05, 0) is 38.8 Å². The minimum Gasteiger partial charge on any atom is -0.469 e. The fourth-order valence-corrected chi connectivity index (χ4v) is 2.86. The molecule has 1 aromatic rings. The highest BCUT2D eigenvalue weighted by molar-refractivity contribution is 14.0. The number of nitrogens with one attached hydrogen (secondary N) is 2. The van der Waals surface area contributed by atoms with Gasteiger partial charge in [0.2, 0.25) is 0 Å². The van der Waals surface area contributed by atoms with Crippen molar-refractivity contribution in [2.24, 2.45) is 4.99 Å². The molecule has 0 aromatic carbocycles. The minimum absolute atomic E-state index is 0. The van der Waals surface area contributed by atoms with E-state index in [0.29, 0.717) is 6.04 Å². The highest BCUT2D eigenvalue weighted by Gasteiger charge is 2.19. The largest absolute Gasteiger partial charge is 0.469 e. The molecule has 0 bridgehead atoms. The van der Waals surface area contributed by atoms with Crippen LogP contribution in [0.15, 0.2) is 40.0 Å². The van der Waals surface area contributed by atoms with Crippen molar-refractivity contribution >= 4 is 29.9 Å². The Bertz CT molecular complexity index is 493. The standard InChI is InChI=1S/C18H30N4O.HI/c1-4-19-18(20-10-7-17-6-5-13-23-17)21-16-8-11-22(12-9-16)14-15(2)3;/h5-6,13,16H,2,4,7-12,14H2,1,3H3,(H2,19,20,21);1H. The lowest BCUT2D eigenvalue weighted by molar-refractivity contribution is 0.221. The first kappa shape index (κ1) is 21.0. The van der Waals surface area contributed by atoms with Crippen LogP contribution in [0.3, 0.4) is 0 Å². The zero-order valence-electron chi connectivity index (χ0n) is 14.9. The van der Waals surface area contributed by atoms with E-state index in [-0.39, 0.29) is 24.0 Å². The Labute approximate surface area is 163 Å². The van der Waals surface area contributed by atoms with Gasteiger partial charge in [-0.15, -0.1) is 24.0 Å². The third-order valence-corrected chi connectivity index (χ3v) is 3.97. The van der Waals surface area contributed by atoms with Crippen LogP contribution in [0.5, 0.6) is 0 Å². The molecule has 1 saturated heterocycles. The van der Waals surface area contributed by atoms with Gasteiger partial charge >= 0.3 is 0 Å². The van der Waals surface area contributed by atoms with Gasteiger partial charge in [-0.1, -0.05) is 12.2 Å². The molecule has 1 aliphatic rings. The van der Waals surface area contributed by atoms with Crippen molar-refractivity contribution in [1.82, 2.24) is 15.5 Å². The summed E-state index contributed by atoms with van der Waals surface area (Å²) < 4.78 is 5.35. The van der Waals surface area contributed by atoms with Gasteiger partial charge in [-0.2, -0.15) is 0 Å². The van der Waals surface area contributed by atoms with E-state index in [2.05, 4.69) is 41.0 Å². The van der Waals surface area contributed by atoms with Crippen LogP contribution in [0, 0.1) is 0 Å². The highest BCUT2D eigenvalue weighted by atomic mass is 127. The Balaban J connectivity index is 0.00000288. The number of halogens is 1. The van der Waals surface area contributed by atoms with Gasteiger partial charge in [-0.3, -0.25) is 9.89 Å². The lowest BCUT2D eigenvalue weighted by Crippen LogP contribution is -2.48. The molecule has 0 amide bonds. The maximum atomic E-state index is 5.35. The van der Waals surface area contributed by atoms with E-state index in [9.17, 15) is 0 Å². The summed E-state index contributed by atoms with van der Waals surface area (Å²) in [6, 6.07) is 4.41. The van der Waals surface area contributed by atoms with Crippen LogP contribution in [0.25, 0.3) is 0 Å². The molecule has 0 unspecified atom stereocenters. The average Bonchev–Trinajstić information content (AvgIpc) is 3.02. The SMILES string of the molecule is C=C(C)CN1CCC(NC(=NCCc2ccco2)NCC)CC1.I. The van der Waals surface area contributed by atoms with Crippen molar-refractivity contribution < 1.29 is 4.42 Å². The smallest absolute Gasteiger partial charge is 0.191 e. The van der Waals surface area contributed by atoms with Crippen molar-refractivity contribution in [1.29, 1.82) is 0 Å². The fraction of sp³-hybridized carbons (Fsp3) is 0.611. The third kappa shape index (κ3) is 7.70. The van der Waals surface area contributed by atoms with Crippen LogP contribution in [-0.2, 0) is 6.42 Å². The Morgan fingerprint density at radius 3 is 2.75 bits per heavy atom. The van der Waals surface area contributed by atoms with Gasteiger partial charge in [0.25, 0.3) is 0 Å². The van der Waals surface area contributed by atoms with Crippen molar-refractivity contribution in [3.05, 3.63) is 36.3 Å². The lowest BCUT2D eigenvalue weighted by Gasteiger charge is -2.33. The van der Waals surface area contributed by atoms with Crippen LogP contribution < -0.4 is 10.6 Å². The normalized spacial score (nSPS) is 16.5. The van der Waals surface area contributed by atoms with Crippen LogP contribution >= 0.6 is 24.0 Å². The van der Waals surface area contributed by atoms with Gasteiger partial charge in [0, 0.05) is 45.2 Å². The summed E-state index contributed by atoms with van der Waals surface area (Å²) in [4.78, 5) is 7.13. The second-order valence-corrected chi connectivity index (χ2v) is 6.24. The molecule has 6 heteroatoms. The number of hydrogen-bond donors (Lipinski definition) is 2. The number of hydrogen-bond acceptors (Lipinski definition) is 3. The first-order chi connectivity index (χ1) is 11.2. The number of nitrogens with zero attached hydrogens (tertiary/aromatic N) is 2. The molecular weight excluding hydrogens is 415 g/mol. The van der Waals surface area contributed by atoms with E-state index in [0.717, 1.165) is 63.7 Å². The minimum atomic E-state index is 0. The molecule has 2 rings (SSSR count). The number of aliphatic imine (C=N–C) groups is 1. The lowest BCUT2D eigenvalue weighted by atomic mass is 10.0. The molecule has 2 N–H and O–H groups in total. The maximum absolute atomic E-state index is 5.35. The number of rotatable bonds is 7. The summed E-state index contributed by atoms with van der Waals surface area (Å²) >= 11 is 0. The van der Waals surface area contributed by atoms with Gasteiger partial charge < -0.3 is 15.1 Å². The van der Waals surface area contributed by atoms with Gasteiger partial charge in [0.05, 0.1) is 6.26 Å².